The molecule has 2 fully saturated rings. The van der Waals surface area contributed by atoms with Crippen molar-refractivity contribution in [2.45, 2.75) is 44.5 Å². The molecule has 0 radical (unpaired) electrons. The summed E-state index contributed by atoms with van der Waals surface area (Å²) in [6.07, 6.45) is 0.941. The fourth-order valence-electron chi connectivity index (χ4n) is 4.85. The van der Waals surface area contributed by atoms with Gasteiger partial charge in [0.25, 0.3) is 0 Å². The van der Waals surface area contributed by atoms with Gasteiger partial charge in [-0.25, -0.2) is 4.79 Å². The van der Waals surface area contributed by atoms with Gasteiger partial charge in [-0.1, -0.05) is 25.5 Å². The highest BCUT2D eigenvalue weighted by molar-refractivity contribution is 5.79. The van der Waals surface area contributed by atoms with Crippen LogP contribution in [0.2, 0.25) is 0 Å². The second kappa shape index (κ2) is 4.77. The van der Waals surface area contributed by atoms with Gasteiger partial charge in [0.05, 0.1) is 13.2 Å². The third-order valence-electron chi connectivity index (χ3n) is 6.31. The highest BCUT2D eigenvalue weighted by Crippen LogP contribution is 2.65. The highest BCUT2D eigenvalue weighted by atomic mass is 16.6. The van der Waals surface area contributed by atoms with Crippen molar-refractivity contribution >= 4 is 5.97 Å². The van der Waals surface area contributed by atoms with E-state index >= 15 is 0 Å². The van der Waals surface area contributed by atoms with Gasteiger partial charge >= 0.3 is 5.97 Å². The molecular weight excluding hydrogens is 288 g/mol. The quantitative estimate of drug-likeness (QED) is 0.502. The number of esters is 1. The van der Waals surface area contributed by atoms with Crippen molar-refractivity contribution < 1.29 is 29.6 Å². The highest BCUT2D eigenvalue weighted by Gasteiger charge is 2.72. The number of rotatable bonds is 3. The first kappa shape index (κ1) is 15.9. The van der Waals surface area contributed by atoms with Gasteiger partial charge in [0, 0.05) is 24.4 Å². The summed E-state index contributed by atoms with van der Waals surface area (Å²) < 4.78 is 10.5. The summed E-state index contributed by atoms with van der Waals surface area (Å²) in [6, 6.07) is 0. The third kappa shape index (κ3) is 1.56. The lowest BCUT2D eigenvalue weighted by Crippen LogP contribution is -2.72. The fourth-order valence-corrected chi connectivity index (χ4v) is 4.85. The lowest BCUT2D eigenvalue weighted by atomic mass is 9.48. The second-order valence-corrected chi connectivity index (χ2v) is 7.17. The van der Waals surface area contributed by atoms with E-state index in [0.717, 1.165) is 5.57 Å². The summed E-state index contributed by atoms with van der Waals surface area (Å²) in [5.41, 5.74) is -2.56. The molecule has 6 atom stereocenters. The van der Waals surface area contributed by atoms with Crippen LogP contribution in [0.15, 0.2) is 11.6 Å². The molecule has 3 rings (SSSR count). The molecular formula is C16H24O6. The van der Waals surface area contributed by atoms with Crippen LogP contribution in [-0.4, -0.2) is 59.4 Å². The molecule has 2 bridgehead atoms. The molecule has 1 saturated heterocycles. The molecule has 0 unspecified atom stereocenters. The number of ether oxygens (including phenoxy) is 2. The van der Waals surface area contributed by atoms with Crippen molar-refractivity contribution in [3.05, 3.63) is 11.6 Å². The van der Waals surface area contributed by atoms with Crippen LogP contribution in [0.1, 0.15) is 26.7 Å². The van der Waals surface area contributed by atoms with Crippen molar-refractivity contribution in [2.24, 2.45) is 16.7 Å². The first-order valence-corrected chi connectivity index (χ1v) is 7.70. The summed E-state index contributed by atoms with van der Waals surface area (Å²) in [5.74, 6) is -0.656. The zero-order valence-electron chi connectivity index (χ0n) is 13.2. The minimum absolute atomic E-state index is 0.0471. The second-order valence-electron chi connectivity index (χ2n) is 7.17. The smallest absolute Gasteiger partial charge is 0.336 e. The Morgan fingerprint density at radius 2 is 2.18 bits per heavy atom. The monoisotopic (exact) mass is 312 g/mol. The maximum Gasteiger partial charge on any atom is 0.336 e. The van der Waals surface area contributed by atoms with Crippen LogP contribution in [0.4, 0.5) is 0 Å². The van der Waals surface area contributed by atoms with Crippen LogP contribution in [0, 0.1) is 16.7 Å². The van der Waals surface area contributed by atoms with Crippen LogP contribution >= 0.6 is 0 Å². The number of carbonyl (C=O) groups is 1. The summed E-state index contributed by atoms with van der Waals surface area (Å²) in [5, 5.41) is 31.9. The summed E-state index contributed by atoms with van der Waals surface area (Å²) >= 11 is 0. The van der Waals surface area contributed by atoms with Crippen molar-refractivity contribution in [1.82, 2.24) is 0 Å². The molecule has 124 valence electrons. The van der Waals surface area contributed by atoms with E-state index in [1.54, 1.807) is 6.92 Å². The largest absolute Gasteiger partial charge is 0.457 e. The van der Waals surface area contributed by atoms with E-state index in [4.69, 9.17) is 9.47 Å². The van der Waals surface area contributed by atoms with E-state index in [1.807, 2.05) is 13.0 Å². The van der Waals surface area contributed by atoms with Crippen LogP contribution in [0.5, 0.6) is 0 Å². The summed E-state index contributed by atoms with van der Waals surface area (Å²) in [7, 11) is 1.46. The minimum Gasteiger partial charge on any atom is -0.457 e. The van der Waals surface area contributed by atoms with Gasteiger partial charge in [0.1, 0.15) is 11.7 Å². The first-order valence-electron chi connectivity index (χ1n) is 7.70. The van der Waals surface area contributed by atoms with Crippen molar-refractivity contribution in [2.75, 3.05) is 20.3 Å². The molecule has 0 aromatic carbocycles. The number of methoxy groups -OCH3 is 1. The standard InChI is InChI=1S/C16H24O6/c1-9-4-5-10-14(2,7-17)16(20,8-21-3)11-6-15(9,10)12(18)13(19)22-11/h5,9,11-12,17-18,20H,4,6-8H2,1-3H3/t9-,11+,12-,14+,15-,16+/m1/s1. The molecule has 0 aromatic heterocycles. The van der Waals surface area contributed by atoms with Gasteiger partial charge in [0.2, 0.25) is 0 Å². The van der Waals surface area contributed by atoms with Crippen LogP contribution in [0.25, 0.3) is 0 Å². The molecule has 1 spiro atoms. The Balaban J connectivity index is 2.21. The molecule has 6 nitrogen and oxygen atoms in total. The van der Waals surface area contributed by atoms with E-state index in [9.17, 15) is 20.1 Å². The summed E-state index contributed by atoms with van der Waals surface area (Å²) in [6.45, 7) is 3.37. The third-order valence-corrected chi connectivity index (χ3v) is 6.31. The number of allylic oxidation sites excluding steroid dienone is 1. The Labute approximate surface area is 129 Å². The molecule has 1 saturated carbocycles. The van der Waals surface area contributed by atoms with Gasteiger partial charge < -0.3 is 24.8 Å². The molecule has 22 heavy (non-hydrogen) atoms. The molecule has 3 aliphatic rings. The molecule has 3 N–H and O–H groups in total. The average molecular weight is 312 g/mol. The Morgan fingerprint density at radius 1 is 1.50 bits per heavy atom. The van der Waals surface area contributed by atoms with Gasteiger partial charge in [0.15, 0.2) is 6.10 Å². The lowest BCUT2D eigenvalue weighted by Gasteiger charge is -2.62. The van der Waals surface area contributed by atoms with Gasteiger partial charge in [-0.15, -0.1) is 0 Å². The number of aliphatic hydroxyl groups is 3. The molecule has 0 amide bonds. The normalized spacial score (nSPS) is 50.4. The van der Waals surface area contributed by atoms with Crippen molar-refractivity contribution in [3.63, 3.8) is 0 Å². The maximum atomic E-state index is 12.2. The number of aliphatic hydroxyl groups excluding tert-OH is 2. The van der Waals surface area contributed by atoms with Crippen LogP contribution < -0.4 is 0 Å². The predicted molar refractivity (Wildman–Crippen MR) is 76.8 cm³/mol. The van der Waals surface area contributed by atoms with Gasteiger partial charge in [-0.05, 0) is 12.3 Å². The predicted octanol–water partition coefficient (Wildman–Crippen LogP) is 0.00510. The van der Waals surface area contributed by atoms with E-state index in [1.165, 1.54) is 7.11 Å². The number of hydrogen-bond acceptors (Lipinski definition) is 6. The number of hydrogen-bond donors (Lipinski definition) is 3. The Morgan fingerprint density at radius 3 is 2.77 bits per heavy atom. The lowest BCUT2D eigenvalue weighted by molar-refractivity contribution is -0.259. The van der Waals surface area contributed by atoms with Crippen molar-refractivity contribution in [1.29, 1.82) is 0 Å². The fraction of sp³-hybridized carbons (Fsp3) is 0.812. The summed E-state index contributed by atoms with van der Waals surface area (Å²) in [4.78, 5) is 12.2. The molecule has 6 heteroatoms. The molecule has 1 heterocycles. The molecule has 1 aliphatic heterocycles. The maximum absolute atomic E-state index is 12.2. The van der Waals surface area contributed by atoms with E-state index in [2.05, 4.69) is 0 Å². The number of fused-ring (bicyclic) bond motifs is 1. The van der Waals surface area contributed by atoms with Crippen LogP contribution in [-0.2, 0) is 14.3 Å². The first-order chi connectivity index (χ1) is 10.3. The molecule has 2 aliphatic carbocycles. The topological polar surface area (TPSA) is 96.2 Å². The minimum atomic E-state index is -1.52. The van der Waals surface area contributed by atoms with Crippen molar-refractivity contribution in [3.8, 4) is 0 Å². The van der Waals surface area contributed by atoms with Gasteiger partial charge in [-0.3, -0.25) is 0 Å². The zero-order chi connectivity index (χ0) is 16.3. The van der Waals surface area contributed by atoms with Crippen LogP contribution in [0.3, 0.4) is 0 Å². The van der Waals surface area contributed by atoms with E-state index in [0.29, 0.717) is 12.8 Å². The number of carbonyl (C=O) groups excluding carboxylic acids is 1. The van der Waals surface area contributed by atoms with Gasteiger partial charge in [-0.2, -0.15) is 0 Å². The van der Waals surface area contributed by atoms with E-state index < -0.39 is 34.6 Å². The average Bonchev–Trinajstić information content (AvgIpc) is 2.81. The Bertz CT molecular complexity index is 531. The Kier molecular flexibility index (Phi) is 3.45. The molecule has 0 aromatic rings. The SMILES string of the molecule is COC[C@]1(O)[C@@H]2C[C@@]3(C(=CC[C@H]3C)[C@]1(C)CO)[C@H](O)C(=O)O2. The van der Waals surface area contributed by atoms with E-state index in [-0.39, 0.29) is 19.1 Å². The zero-order valence-corrected chi connectivity index (χ0v) is 13.2. The Hall–Kier alpha value is -0.950.